The van der Waals surface area contributed by atoms with E-state index in [0.717, 1.165) is 0 Å². The Bertz CT molecular complexity index is 1230. The molecule has 0 aliphatic carbocycles. The minimum atomic E-state index is -0.605. The summed E-state index contributed by atoms with van der Waals surface area (Å²) in [6.07, 6.45) is 0.0523. The Morgan fingerprint density at radius 1 is 1.19 bits per heavy atom. The maximum Gasteiger partial charge on any atom is 0.336 e. The quantitative estimate of drug-likeness (QED) is 0.466. The number of rotatable bonds is 6. The number of esters is 1. The van der Waals surface area contributed by atoms with Gasteiger partial charge in [0.15, 0.2) is 0 Å². The number of fused-ring (bicyclic) bond motifs is 1. The first-order chi connectivity index (χ1) is 15.4. The van der Waals surface area contributed by atoms with Crippen molar-refractivity contribution in [3.8, 4) is 11.5 Å². The van der Waals surface area contributed by atoms with Crippen LogP contribution in [0.1, 0.15) is 24.5 Å². The number of aryl methyl sites for hydroxylation is 1. The molecule has 8 heteroatoms. The van der Waals surface area contributed by atoms with E-state index in [1.807, 2.05) is 6.92 Å². The second kappa shape index (κ2) is 8.74. The topological polar surface area (TPSA) is 106 Å². The molecule has 2 aromatic carbocycles. The standard InChI is InChI=1S/C24H23NO7/c1-3-30-18-6-4-17(5-7-18)25-12-15(10-21(25)27)24(29)31-13-16-11-22(28)32-23-14(2)20(26)9-8-19(16)23/h4-9,11,15,26H,3,10,12-13H2,1-2H3/t15-/m1/s1. The number of hydrogen-bond acceptors (Lipinski definition) is 7. The van der Waals surface area contributed by atoms with Crippen molar-refractivity contribution in [1.82, 2.24) is 0 Å². The van der Waals surface area contributed by atoms with E-state index in [9.17, 15) is 19.5 Å². The van der Waals surface area contributed by atoms with Gasteiger partial charge >= 0.3 is 11.6 Å². The highest BCUT2D eigenvalue weighted by molar-refractivity contribution is 5.99. The van der Waals surface area contributed by atoms with Crippen LogP contribution in [0.25, 0.3) is 11.0 Å². The largest absolute Gasteiger partial charge is 0.508 e. The summed E-state index contributed by atoms with van der Waals surface area (Å²) in [5.74, 6) is -0.557. The van der Waals surface area contributed by atoms with Gasteiger partial charge in [0.25, 0.3) is 0 Å². The number of ether oxygens (including phenoxy) is 2. The summed E-state index contributed by atoms with van der Waals surface area (Å²) in [6, 6.07) is 11.5. The van der Waals surface area contributed by atoms with Gasteiger partial charge in [-0.3, -0.25) is 9.59 Å². The van der Waals surface area contributed by atoms with Crippen LogP contribution in [0, 0.1) is 12.8 Å². The van der Waals surface area contributed by atoms with Crippen molar-refractivity contribution in [3.05, 3.63) is 64.0 Å². The highest BCUT2D eigenvalue weighted by Crippen LogP contribution is 2.29. The molecule has 2 heterocycles. The van der Waals surface area contributed by atoms with Gasteiger partial charge < -0.3 is 23.9 Å². The number of carbonyl (C=O) groups excluding carboxylic acids is 2. The highest BCUT2D eigenvalue weighted by Gasteiger charge is 2.36. The van der Waals surface area contributed by atoms with Gasteiger partial charge in [-0.05, 0) is 50.2 Å². The smallest absolute Gasteiger partial charge is 0.336 e. The lowest BCUT2D eigenvalue weighted by Gasteiger charge is -2.17. The third kappa shape index (κ3) is 4.16. The van der Waals surface area contributed by atoms with E-state index in [4.69, 9.17) is 13.9 Å². The Balaban J connectivity index is 1.46. The molecule has 1 amide bonds. The number of phenolic OH excluding ortho intramolecular Hbond substituents is 1. The lowest BCUT2D eigenvalue weighted by atomic mass is 10.1. The maximum absolute atomic E-state index is 12.7. The zero-order chi connectivity index (χ0) is 22.8. The van der Waals surface area contributed by atoms with Crippen LogP contribution < -0.4 is 15.3 Å². The summed E-state index contributed by atoms with van der Waals surface area (Å²) >= 11 is 0. The molecule has 0 bridgehead atoms. The van der Waals surface area contributed by atoms with Crippen LogP contribution in [0.2, 0.25) is 0 Å². The number of hydrogen-bond donors (Lipinski definition) is 1. The van der Waals surface area contributed by atoms with Gasteiger partial charge in [-0.25, -0.2) is 4.79 Å². The second-order valence-electron chi connectivity index (χ2n) is 7.62. The van der Waals surface area contributed by atoms with Crippen LogP contribution in [-0.4, -0.2) is 30.1 Å². The lowest BCUT2D eigenvalue weighted by molar-refractivity contribution is -0.149. The van der Waals surface area contributed by atoms with E-state index in [1.165, 1.54) is 12.1 Å². The molecule has 0 spiro atoms. The molecule has 1 atom stereocenters. The number of aromatic hydroxyl groups is 1. The van der Waals surface area contributed by atoms with Crippen molar-refractivity contribution in [1.29, 1.82) is 0 Å². The van der Waals surface area contributed by atoms with E-state index in [0.29, 0.717) is 34.6 Å². The minimum absolute atomic E-state index is 0.00800. The van der Waals surface area contributed by atoms with Gasteiger partial charge in [0, 0.05) is 41.2 Å². The summed E-state index contributed by atoms with van der Waals surface area (Å²) in [7, 11) is 0. The molecular formula is C24H23NO7. The number of benzene rings is 2. The van der Waals surface area contributed by atoms with Crippen LogP contribution in [0.4, 0.5) is 5.69 Å². The molecule has 4 rings (SSSR count). The first-order valence-corrected chi connectivity index (χ1v) is 10.3. The van der Waals surface area contributed by atoms with E-state index >= 15 is 0 Å². The predicted octanol–water partition coefficient (Wildman–Crippen LogP) is 3.30. The normalized spacial score (nSPS) is 15.9. The lowest BCUT2D eigenvalue weighted by Crippen LogP contribution is -2.26. The highest BCUT2D eigenvalue weighted by atomic mass is 16.5. The summed E-state index contributed by atoms with van der Waals surface area (Å²) in [5.41, 5.74) is 1.24. The Hall–Kier alpha value is -3.81. The Morgan fingerprint density at radius 3 is 2.66 bits per heavy atom. The SMILES string of the molecule is CCOc1ccc(N2C[C@H](C(=O)OCc3cc(=O)oc4c(C)c(O)ccc34)CC2=O)cc1. The summed E-state index contributed by atoms with van der Waals surface area (Å²) in [4.78, 5) is 38.6. The van der Waals surface area contributed by atoms with Gasteiger partial charge in [0.1, 0.15) is 23.7 Å². The van der Waals surface area contributed by atoms with Crippen molar-refractivity contribution in [2.45, 2.75) is 26.9 Å². The number of phenols is 1. The van der Waals surface area contributed by atoms with E-state index in [2.05, 4.69) is 0 Å². The summed E-state index contributed by atoms with van der Waals surface area (Å²) in [5, 5.41) is 10.4. The van der Waals surface area contributed by atoms with Gasteiger partial charge in [-0.15, -0.1) is 0 Å². The first kappa shape index (κ1) is 21.4. The second-order valence-corrected chi connectivity index (χ2v) is 7.62. The van der Waals surface area contributed by atoms with Gasteiger partial charge in [0.2, 0.25) is 5.91 Å². The monoisotopic (exact) mass is 437 g/mol. The molecule has 0 radical (unpaired) electrons. The molecule has 1 aliphatic rings. The molecule has 1 N–H and O–H groups in total. The van der Waals surface area contributed by atoms with Crippen LogP contribution in [-0.2, 0) is 20.9 Å². The molecule has 166 valence electrons. The average Bonchev–Trinajstić information content (AvgIpc) is 3.17. The molecule has 0 unspecified atom stereocenters. The fraction of sp³-hybridized carbons (Fsp3) is 0.292. The average molecular weight is 437 g/mol. The van der Waals surface area contributed by atoms with E-state index < -0.39 is 17.5 Å². The fourth-order valence-electron chi connectivity index (χ4n) is 3.81. The van der Waals surface area contributed by atoms with Gasteiger partial charge in [0.05, 0.1) is 12.5 Å². The molecule has 1 aromatic heterocycles. The van der Waals surface area contributed by atoms with Crippen molar-refractivity contribution in [3.63, 3.8) is 0 Å². The fourth-order valence-corrected chi connectivity index (χ4v) is 3.81. The Kier molecular flexibility index (Phi) is 5.85. The summed E-state index contributed by atoms with van der Waals surface area (Å²) in [6.45, 7) is 4.16. The third-order valence-electron chi connectivity index (χ3n) is 5.51. The number of anilines is 1. The van der Waals surface area contributed by atoms with Crippen LogP contribution >= 0.6 is 0 Å². The Morgan fingerprint density at radius 2 is 1.94 bits per heavy atom. The Labute approximate surface area is 184 Å². The van der Waals surface area contributed by atoms with Crippen molar-refractivity contribution >= 4 is 28.5 Å². The predicted molar refractivity (Wildman–Crippen MR) is 117 cm³/mol. The van der Waals surface area contributed by atoms with Crippen LogP contribution in [0.15, 0.2) is 51.7 Å². The number of amides is 1. The molecule has 1 fully saturated rings. The minimum Gasteiger partial charge on any atom is -0.508 e. The molecule has 3 aromatic rings. The third-order valence-corrected chi connectivity index (χ3v) is 5.51. The van der Waals surface area contributed by atoms with Crippen molar-refractivity contribution in [2.24, 2.45) is 5.92 Å². The molecule has 1 saturated heterocycles. The molecule has 32 heavy (non-hydrogen) atoms. The number of carbonyl (C=O) groups is 2. The van der Waals surface area contributed by atoms with E-state index in [-0.39, 0.29) is 36.8 Å². The first-order valence-electron chi connectivity index (χ1n) is 10.3. The molecular weight excluding hydrogens is 414 g/mol. The van der Waals surface area contributed by atoms with E-state index in [1.54, 1.807) is 42.2 Å². The summed E-state index contributed by atoms with van der Waals surface area (Å²) < 4.78 is 16.1. The van der Waals surface area contributed by atoms with Gasteiger partial charge in [-0.1, -0.05) is 0 Å². The maximum atomic E-state index is 12.7. The van der Waals surface area contributed by atoms with Crippen LogP contribution in [0.5, 0.6) is 11.5 Å². The zero-order valence-electron chi connectivity index (χ0n) is 17.8. The molecule has 1 aliphatic heterocycles. The van der Waals surface area contributed by atoms with Crippen LogP contribution in [0.3, 0.4) is 0 Å². The molecule has 8 nitrogen and oxygen atoms in total. The van der Waals surface area contributed by atoms with Crippen molar-refractivity contribution in [2.75, 3.05) is 18.1 Å². The van der Waals surface area contributed by atoms with Gasteiger partial charge in [-0.2, -0.15) is 0 Å². The number of nitrogens with zero attached hydrogens (tertiary/aromatic N) is 1. The zero-order valence-corrected chi connectivity index (χ0v) is 17.8. The molecule has 0 saturated carbocycles. The van der Waals surface area contributed by atoms with Crippen molar-refractivity contribution < 1.29 is 28.6 Å².